The van der Waals surface area contributed by atoms with Crippen molar-refractivity contribution in [3.05, 3.63) is 35.4 Å². The van der Waals surface area contributed by atoms with Gasteiger partial charge in [-0.3, -0.25) is 4.79 Å². The van der Waals surface area contributed by atoms with E-state index in [4.69, 9.17) is 14.2 Å². The van der Waals surface area contributed by atoms with Crippen LogP contribution < -0.4 is 5.32 Å². The summed E-state index contributed by atoms with van der Waals surface area (Å²) in [6.45, 7) is 1.63. The Labute approximate surface area is 121 Å². The topological polar surface area (TPSA) is 92.5 Å². The van der Waals surface area contributed by atoms with Gasteiger partial charge in [-0.1, -0.05) is 34.6 Å². The Balaban J connectivity index is 3.15. The van der Waals surface area contributed by atoms with E-state index >= 15 is 0 Å². The molecule has 1 aromatic rings. The summed E-state index contributed by atoms with van der Waals surface area (Å²) in [6.07, 6.45) is 0. The number of nitrogens with zero attached hydrogens (tertiary/aromatic N) is 2. The molecule has 0 atom stereocenters. The first-order valence-corrected chi connectivity index (χ1v) is 5.96. The number of amides is 1. The first-order valence-electron chi connectivity index (χ1n) is 5.59. The Morgan fingerprint density at radius 1 is 1.45 bits per heavy atom. The average molecular weight is 297 g/mol. The average Bonchev–Trinajstić information content (AvgIpc) is 2.45. The van der Waals surface area contributed by atoms with E-state index in [2.05, 4.69) is 28.5 Å². The van der Waals surface area contributed by atoms with Gasteiger partial charge in [-0.15, -0.1) is 0 Å². The molecule has 1 aromatic carbocycles. The highest BCUT2D eigenvalue weighted by atomic mass is 32.1. The summed E-state index contributed by atoms with van der Waals surface area (Å²) >= 11 is 3.70. The molecule has 0 aliphatic carbocycles. The van der Waals surface area contributed by atoms with Crippen LogP contribution in [0.3, 0.4) is 0 Å². The van der Waals surface area contributed by atoms with Crippen LogP contribution in [-0.2, 0) is 20.4 Å². The van der Waals surface area contributed by atoms with Crippen LogP contribution in [-0.4, -0.2) is 29.8 Å². The lowest BCUT2D eigenvalue weighted by Crippen LogP contribution is -2.35. The van der Waals surface area contributed by atoms with Crippen LogP contribution in [0.1, 0.15) is 18.1 Å². The van der Waals surface area contributed by atoms with Gasteiger partial charge in [0.2, 0.25) is 0 Å². The van der Waals surface area contributed by atoms with Crippen LogP contribution in [0.25, 0.3) is 0 Å². The molecule has 2 N–H and O–H groups in total. The van der Waals surface area contributed by atoms with E-state index < -0.39 is 5.91 Å². The summed E-state index contributed by atoms with van der Waals surface area (Å²) in [6, 6.07) is 7.03. The molecule has 0 fully saturated rings. The molecular formula is C12H15N3O4S. The predicted octanol–water partition coefficient (Wildman–Crippen LogP) is 1.32. The molecule has 108 valence electrons. The molecule has 0 heterocycles. The zero-order valence-electron chi connectivity index (χ0n) is 11.0. The number of oxime groups is 2. The number of benzene rings is 1. The van der Waals surface area contributed by atoms with E-state index in [1.165, 1.54) is 14.0 Å². The number of thiol groups is 1. The molecular weight excluding hydrogens is 282 g/mol. The van der Waals surface area contributed by atoms with Gasteiger partial charge >= 0.3 is 0 Å². The third-order valence-corrected chi connectivity index (χ3v) is 2.46. The van der Waals surface area contributed by atoms with Crippen molar-refractivity contribution in [2.24, 2.45) is 10.3 Å². The Morgan fingerprint density at radius 2 is 2.15 bits per heavy atom. The second-order valence-electron chi connectivity index (χ2n) is 3.69. The fourth-order valence-corrected chi connectivity index (χ4v) is 1.64. The zero-order valence-corrected chi connectivity index (χ0v) is 11.9. The van der Waals surface area contributed by atoms with E-state index in [9.17, 15) is 4.79 Å². The molecule has 0 unspecified atom stereocenters. The molecule has 8 heteroatoms. The smallest absolute Gasteiger partial charge is 0.279 e. The standard InChI is InChI=1S/C12H15N3O4S/c1-8(14-17)13-12(16)11(15-18-2)10-6-4-3-5-9(10)7-19-20/h3-6,17,20H,7H2,1-2H3,(H,13,14,16)/b15-11+. The number of carbonyl (C=O) groups excluding carboxylic acids is 1. The summed E-state index contributed by atoms with van der Waals surface area (Å²) in [5.74, 6) is -0.518. The molecule has 0 spiro atoms. The number of hydrogen-bond donors (Lipinski definition) is 3. The summed E-state index contributed by atoms with van der Waals surface area (Å²) < 4.78 is 4.78. The minimum atomic E-state index is -0.561. The van der Waals surface area contributed by atoms with Gasteiger partial charge in [0.05, 0.1) is 6.61 Å². The lowest BCUT2D eigenvalue weighted by molar-refractivity contribution is -0.113. The molecule has 0 radical (unpaired) electrons. The molecule has 1 amide bonds. The van der Waals surface area contributed by atoms with Gasteiger partial charge in [0.15, 0.2) is 5.71 Å². The molecule has 0 aliphatic heterocycles. The largest absolute Gasteiger partial charge is 0.409 e. The van der Waals surface area contributed by atoms with Crippen LogP contribution in [0.5, 0.6) is 0 Å². The van der Waals surface area contributed by atoms with Crippen molar-refractivity contribution >= 4 is 30.4 Å². The van der Waals surface area contributed by atoms with Gasteiger partial charge in [0.25, 0.3) is 5.91 Å². The monoisotopic (exact) mass is 297 g/mol. The second-order valence-corrected chi connectivity index (χ2v) is 3.95. The molecule has 7 nitrogen and oxygen atoms in total. The van der Waals surface area contributed by atoms with Crippen molar-refractivity contribution in [1.29, 1.82) is 0 Å². The van der Waals surface area contributed by atoms with E-state index in [0.717, 1.165) is 0 Å². The van der Waals surface area contributed by atoms with E-state index in [0.29, 0.717) is 11.1 Å². The normalized spacial score (nSPS) is 12.2. The van der Waals surface area contributed by atoms with E-state index in [1.807, 2.05) is 0 Å². The molecule has 0 aromatic heterocycles. The maximum absolute atomic E-state index is 12.1. The van der Waals surface area contributed by atoms with Gasteiger partial charge in [0.1, 0.15) is 12.9 Å². The third-order valence-electron chi connectivity index (χ3n) is 2.33. The van der Waals surface area contributed by atoms with E-state index in [-0.39, 0.29) is 18.2 Å². The summed E-state index contributed by atoms with van der Waals surface area (Å²) in [4.78, 5) is 16.8. The molecule has 0 saturated heterocycles. The van der Waals surface area contributed by atoms with Crippen LogP contribution in [0.4, 0.5) is 0 Å². The van der Waals surface area contributed by atoms with Gasteiger partial charge in [-0.2, -0.15) is 0 Å². The summed E-state index contributed by atoms with van der Waals surface area (Å²) in [5, 5.41) is 17.5. The minimum Gasteiger partial charge on any atom is -0.409 e. The van der Waals surface area contributed by atoms with E-state index in [1.54, 1.807) is 24.3 Å². The number of nitrogens with one attached hydrogen (secondary N) is 1. The zero-order chi connectivity index (χ0) is 15.0. The lowest BCUT2D eigenvalue weighted by Gasteiger charge is -2.10. The molecule has 0 aliphatic rings. The summed E-state index contributed by atoms with van der Waals surface area (Å²) in [7, 11) is 1.33. The van der Waals surface area contributed by atoms with Crippen LogP contribution in [0, 0.1) is 0 Å². The van der Waals surface area contributed by atoms with Gasteiger partial charge < -0.3 is 19.5 Å². The first-order chi connectivity index (χ1) is 9.63. The van der Waals surface area contributed by atoms with Crippen molar-refractivity contribution in [2.45, 2.75) is 13.5 Å². The van der Waals surface area contributed by atoms with Gasteiger partial charge in [-0.25, -0.2) is 0 Å². The van der Waals surface area contributed by atoms with Crippen LogP contribution >= 0.6 is 12.9 Å². The fraction of sp³-hybridized carbons (Fsp3) is 0.250. The quantitative estimate of drug-likeness (QED) is 0.191. The Hall–Kier alpha value is -2.06. The Kier molecular flexibility index (Phi) is 6.54. The van der Waals surface area contributed by atoms with Crippen molar-refractivity contribution in [1.82, 2.24) is 5.32 Å². The Morgan fingerprint density at radius 3 is 2.75 bits per heavy atom. The van der Waals surface area contributed by atoms with Gasteiger partial charge in [0, 0.05) is 5.56 Å². The van der Waals surface area contributed by atoms with Crippen molar-refractivity contribution in [3.63, 3.8) is 0 Å². The highest BCUT2D eigenvalue weighted by molar-refractivity contribution is 7.75. The predicted molar refractivity (Wildman–Crippen MR) is 76.8 cm³/mol. The number of carbonyl (C=O) groups is 1. The molecule has 0 bridgehead atoms. The van der Waals surface area contributed by atoms with Crippen molar-refractivity contribution < 1.29 is 19.0 Å². The van der Waals surface area contributed by atoms with Crippen molar-refractivity contribution in [3.8, 4) is 0 Å². The van der Waals surface area contributed by atoms with Crippen LogP contribution in [0.2, 0.25) is 0 Å². The van der Waals surface area contributed by atoms with Gasteiger partial charge in [-0.05, 0) is 25.4 Å². The lowest BCUT2D eigenvalue weighted by atomic mass is 10.0. The second kappa shape index (κ2) is 8.18. The number of rotatable bonds is 5. The first kappa shape index (κ1) is 16.0. The SMILES string of the molecule is CO/N=C(/C(=O)N/C(C)=N/O)c1ccccc1COS. The third kappa shape index (κ3) is 4.25. The molecule has 0 saturated carbocycles. The summed E-state index contributed by atoms with van der Waals surface area (Å²) in [5.41, 5.74) is 1.29. The minimum absolute atomic E-state index is 0.0384. The maximum atomic E-state index is 12.1. The highest BCUT2D eigenvalue weighted by Gasteiger charge is 2.19. The Bertz CT molecular complexity index is 531. The fourth-order valence-electron chi connectivity index (χ4n) is 1.50. The number of hydrogen-bond acceptors (Lipinski definition) is 7. The van der Waals surface area contributed by atoms with Crippen LogP contribution in [0.15, 0.2) is 34.6 Å². The maximum Gasteiger partial charge on any atom is 0.279 e. The molecule has 20 heavy (non-hydrogen) atoms. The van der Waals surface area contributed by atoms with Crippen molar-refractivity contribution in [2.75, 3.05) is 7.11 Å². The highest BCUT2D eigenvalue weighted by Crippen LogP contribution is 2.13. The molecule has 1 rings (SSSR count). The number of amidine groups is 1.